The van der Waals surface area contributed by atoms with E-state index >= 15 is 0 Å². The number of hydrogen-bond donors (Lipinski definition) is 1. The second-order valence-electron chi connectivity index (χ2n) is 6.73. The number of nitrogens with one attached hydrogen (secondary N) is 1. The molecule has 0 aliphatic heterocycles. The van der Waals surface area contributed by atoms with Crippen LogP contribution in [0.25, 0.3) is 0 Å². The van der Waals surface area contributed by atoms with Crippen LogP contribution in [0.15, 0.2) is 28.7 Å². The van der Waals surface area contributed by atoms with Crippen LogP contribution in [-0.4, -0.2) is 24.0 Å². The van der Waals surface area contributed by atoms with Crippen molar-refractivity contribution < 1.29 is 14.3 Å². The Bertz CT molecular complexity index is 549. The van der Waals surface area contributed by atoms with E-state index in [0.29, 0.717) is 5.92 Å². The first-order valence-corrected chi connectivity index (χ1v) is 8.30. The number of carbonyl (C=O) groups excluding carboxylic acids is 2. The largest absolute Gasteiger partial charge is 0.444 e. The zero-order valence-electron chi connectivity index (χ0n) is 13.1. The van der Waals surface area contributed by atoms with Crippen LogP contribution in [0, 0.1) is 5.92 Å². The van der Waals surface area contributed by atoms with E-state index in [4.69, 9.17) is 4.74 Å². The number of amides is 1. The maximum absolute atomic E-state index is 12.0. The van der Waals surface area contributed by atoms with Crippen molar-refractivity contribution in [1.82, 2.24) is 5.32 Å². The maximum Gasteiger partial charge on any atom is 0.408 e. The van der Waals surface area contributed by atoms with Crippen LogP contribution in [0.1, 0.15) is 45.1 Å². The SMILES string of the molecule is CC(C)(C)OC(=O)NC(C=O)C(c1cccc(Br)c1)C1CC1. The van der Waals surface area contributed by atoms with Crippen molar-refractivity contribution >= 4 is 28.3 Å². The van der Waals surface area contributed by atoms with Crippen molar-refractivity contribution in [3.63, 3.8) is 0 Å². The molecule has 1 aromatic rings. The third-order valence-corrected chi connectivity index (χ3v) is 4.07. The zero-order chi connectivity index (χ0) is 16.3. The molecule has 2 atom stereocenters. The topological polar surface area (TPSA) is 55.4 Å². The Kier molecular flexibility index (Phi) is 5.27. The van der Waals surface area contributed by atoms with Gasteiger partial charge in [-0.05, 0) is 57.2 Å². The van der Waals surface area contributed by atoms with Crippen LogP contribution in [0.3, 0.4) is 0 Å². The minimum atomic E-state index is -0.581. The minimum absolute atomic E-state index is 0.0116. The van der Waals surface area contributed by atoms with Crippen molar-refractivity contribution in [2.45, 2.75) is 51.2 Å². The molecule has 22 heavy (non-hydrogen) atoms. The second-order valence-corrected chi connectivity index (χ2v) is 7.64. The Hall–Kier alpha value is -1.36. The van der Waals surface area contributed by atoms with Crippen molar-refractivity contribution in [2.75, 3.05) is 0 Å². The molecule has 0 spiro atoms. The smallest absolute Gasteiger partial charge is 0.408 e. The van der Waals surface area contributed by atoms with Gasteiger partial charge in [-0.3, -0.25) is 0 Å². The lowest BCUT2D eigenvalue weighted by atomic mass is 9.88. The molecule has 1 saturated carbocycles. The molecule has 120 valence electrons. The number of rotatable bonds is 5. The van der Waals surface area contributed by atoms with Crippen LogP contribution in [0.4, 0.5) is 4.79 Å². The lowest BCUT2D eigenvalue weighted by molar-refractivity contribution is -0.110. The first-order chi connectivity index (χ1) is 10.3. The summed E-state index contributed by atoms with van der Waals surface area (Å²) in [4.78, 5) is 23.5. The Labute approximate surface area is 139 Å². The Morgan fingerprint density at radius 1 is 1.41 bits per heavy atom. The number of benzene rings is 1. The van der Waals surface area contributed by atoms with Gasteiger partial charge in [0.25, 0.3) is 0 Å². The van der Waals surface area contributed by atoms with Crippen molar-refractivity contribution in [1.29, 1.82) is 0 Å². The van der Waals surface area contributed by atoms with E-state index in [0.717, 1.165) is 29.2 Å². The summed E-state index contributed by atoms with van der Waals surface area (Å²) >= 11 is 3.46. The first kappa shape index (κ1) is 17.0. The highest BCUT2D eigenvalue weighted by Gasteiger charge is 2.38. The molecule has 1 aromatic carbocycles. The van der Waals surface area contributed by atoms with E-state index < -0.39 is 17.7 Å². The predicted octanol–water partition coefficient (Wildman–Crippen LogP) is 4.03. The molecule has 1 amide bonds. The zero-order valence-corrected chi connectivity index (χ0v) is 14.7. The van der Waals surface area contributed by atoms with Gasteiger partial charge < -0.3 is 14.8 Å². The van der Waals surface area contributed by atoms with Crippen LogP contribution in [0.2, 0.25) is 0 Å². The summed E-state index contributed by atoms with van der Waals surface area (Å²) in [6.07, 6.45) is 2.42. The van der Waals surface area contributed by atoms with Crippen molar-refractivity contribution in [3.8, 4) is 0 Å². The monoisotopic (exact) mass is 367 g/mol. The van der Waals surface area contributed by atoms with E-state index in [1.807, 2.05) is 24.3 Å². The number of halogens is 1. The van der Waals surface area contributed by atoms with Crippen LogP contribution >= 0.6 is 15.9 Å². The van der Waals surface area contributed by atoms with Gasteiger partial charge in [-0.2, -0.15) is 0 Å². The number of ether oxygens (including phenoxy) is 1. The van der Waals surface area contributed by atoms with E-state index in [2.05, 4.69) is 21.2 Å². The van der Waals surface area contributed by atoms with Gasteiger partial charge in [-0.1, -0.05) is 28.1 Å². The summed E-state index contributed by atoms with van der Waals surface area (Å²) in [5.74, 6) is 0.418. The highest BCUT2D eigenvalue weighted by atomic mass is 79.9. The molecule has 1 fully saturated rings. The fourth-order valence-electron chi connectivity index (χ4n) is 2.59. The van der Waals surface area contributed by atoms with Gasteiger partial charge in [0.2, 0.25) is 0 Å². The number of carbonyl (C=O) groups is 2. The average molecular weight is 368 g/mol. The molecule has 1 aliphatic carbocycles. The van der Waals surface area contributed by atoms with Gasteiger partial charge in [0.05, 0.1) is 6.04 Å². The molecule has 2 unspecified atom stereocenters. The Balaban J connectivity index is 2.15. The van der Waals surface area contributed by atoms with Gasteiger partial charge in [0.15, 0.2) is 0 Å². The standard InChI is InChI=1S/C17H22BrNO3/c1-17(2,3)22-16(21)19-14(10-20)15(11-7-8-11)12-5-4-6-13(18)9-12/h4-6,9-11,14-15H,7-8H2,1-3H3,(H,19,21). The third kappa shape index (κ3) is 4.83. The van der Waals surface area contributed by atoms with E-state index in [1.165, 1.54) is 0 Å². The molecule has 4 nitrogen and oxygen atoms in total. The lowest BCUT2D eigenvalue weighted by Crippen LogP contribution is -2.43. The van der Waals surface area contributed by atoms with Crippen LogP contribution in [0.5, 0.6) is 0 Å². The number of aldehydes is 1. The Morgan fingerprint density at radius 2 is 2.09 bits per heavy atom. The van der Waals surface area contributed by atoms with Crippen molar-refractivity contribution in [2.24, 2.45) is 5.92 Å². The highest BCUT2D eigenvalue weighted by Crippen LogP contribution is 2.44. The maximum atomic E-state index is 12.0. The van der Waals surface area contributed by atoms with Gasteiger partial charge >= 0.3 is 6.09 Å². The third-order valence-electron chi connectivity index (χ3n) is 3.58. The fourth-order valence-corrected chi connectivity index (χ4v) is 3.01. The normalized spacial score (nSPS) is 17.5. The average Bonchev–Trinajstić information content (AvgIpc) is 3.20. The van der Waals surface area contributed by atoms with Gasteiger partial charge in [0, 0.05) is 10.4 Å². The molecular weight excluding hydrogens is 346 g/mol. The summed E-state index contributed by atoms with van der Waals surface area (Å²) in [5, 5.41) is 2.72. The molecule has 2 rings (SSSR count). The number of alkyl carbamates (subject to hydrolysis) is 1. The molecule has 5 heteroatoms. The summed E-state index contributed by atoms with van der Waals surface area (Å²) in [6.45, 7) is 5.40. The summed E-state index contributed by atoms with van der Waals surface area (Å²) < 4.78 is 6.23. The molecule has 0 aromatic heterocycles. The second kappa shape index (κ2) is 6.82. The quantitative estimate of drug-likeness (QED) is 0.799. The van der Waals surface area contributed by atoms with Crippen LogP contribution in [-0.2, 0) is 9.53 Å². The minimum Gasteiger partial charge on any atom is -0.444 e. The molecule has 0 bridgehead atoms. The van der Waals surface area contributed by atoms with Crippen LogP contribution < -0.4 is 5.32 Å². The molecule has 0 saturated heterocycles. The Morgan fingerprint density at radius 3 is 2.59 bits per heavy atom. The van der Waals surface area contributed by atoms with Gasteiger partial charge in [0.1, 0.15) is 11.9 Å². The van der Waals surface area contributed by atoms with Gasteiger partial charge in [-0.25, -0.2) is 4.79 Å². The first-order valence-electron chi connectivity index (χ1n) is 7.50. The summed E-state index contributed by atoms with van der Waals surface area (Å²) in [6, 6.07) is 7.34. The number of hydrogen-bond acceptors (Lipinski definition) is 3. The van der Waals surface area contributed by atoms with Gasteiger partial charge in [-0.15, -0.1) is 0 Å². The fraction of sp³-hybridized carbons (Fsp3) is 0.529. The predicted molar refractivity (Wildman–Crippen MR) is 88.8 cm³/mol. The molecular formula is C17H22BrNO3. The van der Waals surface area contributed by atoms with Crippen molar-refractivity contribution in [3.05, 3.63) is 34.3 Å². The highest BCUT2D eigenvalue weighted by molar-refractivity contribution is 9.10. The summed E-state index contributed by atoms with van der Waals surface area (Å²) in [7, 11) is 0. The summed E-state index contributed by atoms with van der Waals surface area (Å²) in [5.41, 5.74) is 0.479. The van der Waals surface area contributed by atoms with E-state index in [9.17, 15) is 9.59 Å². The lowest BCUT2D eigenvalue weighted by Gasteiger charge is -2.26. The van der Waals surface area contributed by atoms with E-state index in [-0.39, 0.29) is 5.92 Å². The van der Waals surface area contributed by atoms with E-state index in [1.54, 1.807) is 20.8 Å². The molecule has 1 N–H and O–H groups in total. The molecule has 0 heterocycles. The molecule has 1 aliphatic rings. The molecule has 0 radical (unpaired) electrons.